The number of nitrogens with zero attached hydrogens (tertiary/aromatic N) is 2. The van der Waals surface area contributed by atoms with E-state index in [-0.39, 0.29) is 12.0 Å². The van der Waals surface area contributed by atoms with Crippen LogP contribution < -0.4 is 9.64 Å². The molecule has 5 nitrogen and oxygen atoms in total. The molecule has 1 fully saturated rings. The Kier molecular flexibility index (Phi) is 4.79. The quantitative estimate of drug-likeness (QED) is 0.863. The molecule has 3 rings (SSSR count). The number of anilines is 1. The molecule has 1 aliphatic rings. The first kappa shape index (κ1) is 15.8. The topological polar surface area (TPSA) is 51.7 Å². The van der Waals surface area contributed by atoms with Gasteiger partial charge >= 0.3 is 0 Å². The third kappa shape index (κ3) is 3.63. The summed E-state index contributed by atoms with van der Waals surface area (Å²) >= 11 is 6.20. The lowest BCUT2D eigenvalue weighted by molar-refractivity contribution is 0.0992. The summed E-state index contributed by atoms with van der Waals surface area (Å²) < 4.78 is 10.9. The normalized spacial score (nSPS) is 17.0. The third-order valence-electron chi connectivity index (χ3n) is 3.67. The van der Waals surface area contributed by atoms with Gasteiger partial charge in [-0.25, -0.2) is 4.98 Å². The van der Waals surface area contributed by atoms with Gasteiger partial charge in [0.15, 0.2) is 0 Å². The average molecular weight is 333 g/mol. The lowest BCUT2D eigenvalue weighted by Gasteiger charge is -2.18. The van der Waals surface area contributed by atoms with Gasteiger partial charge in [-0.05, 0) is 18.2 Å². The van der Waals surface area contributed by atoms with Crippen LogP contribution in [0.3, 0.4) is 0 Å². The van der Waals surface area contributed by atoms with Gasteiger partial charge in [-0.3, -0.25) is 4.79 Å². The van der Waals surface area contributed by atoms with E-state index in [0.717, 1.165) is 12.1 Å². The Morgan fingerprint density at radius 1 is 1.39 bits per heavy atom. The van der Waals surface area contributed by atoms with Crippen molar-refractivity contribution in [2.75, 3.05) is 25.2 Å². The smallest absolute Gasteiger partial charge is 0.259 e. The van der Waals surface area contributed by atoms with Crippen LogP contribution in [0.5, 0.6) is 5.88 Å². The maximum absolute atomic E-state index is 12.5. The lowest BCUT2D eigenvalue weighted by atomic mass is 10.2. The molecular formula is C17H17ClN2O3. The lowest BCUT2D eigenvalue weighted by Crippen LogP contribution is -2.26. The molecule has 1 saturated heterocycles. The third-order valence-corrected chi connectivity index (χ3v) is 3.94. The van der Waals surface area contributed by atoms with Crippen molar-refractivity contribution in [3.8, 4) is 5.88 Å². The molecular weight excluding hydrogens is 316 g/mol. The SMILES string of the molecule is CN(C(=O)c1cnc(O[C@H]2CCOC2)c(Cl)c1)c1ccccc1. The monoisotopic (exact) mass is 332 g/mol. The first-order chi connectivity index (χ1) is 11.1. The minimum atomic E-state index is -0.179. The molecule has 120 valence electrons. The second kappa shape index (κ2) is 6.98. The van der Waals surface area contributed by atoms with E-state index in [1.807, 2.05) is 30.3 Å². The highest BCUT2D eigenvalue weighted by Gasteiger charge is 2.21. The molecule has 0 unspecified atom stereocenters. The van der Waals surface area contributed by atoms with Crippen LogP contribution in [0.15, 0.2) is 42.6 Å². The van der Waals surface area contributed by atoms with Crippen LogP contribution in [0.1, 0.15) is 16.8 Å². The van der Waals surface area contributed by atoms with E-state index in [2.05, 4.69) is 4.98 Å². The number of rotatable bonds is 4. The van der Waals surface area contributed by atoms with E-state index in [9.17, 15) is 4.79 Å². The summed E-state index contributed by atoms with van der Waals surface area (Å²) in [7, 11) is 1.71. The van der Waals surface area contributed by atoms with Gasteiger partial charge in [0.1, 0.15) is 11.1 Å². The second-order valence-corrected chi connectivity index (χ2v) is 5.72. The van der Waals surface area contributed by atoms with E-state index >= 15 is 0 Å². The molecule has 1 amide bonds. The maximum Gasteiger partial charge on any atom is 0.259 e. The van der Waals surface area contributed by atoms with E-state index in [0.29, 0.717) is 29.7 Å². The number of aromatic nitrogens is 1. The zero-order valence-electron chi connectivity index (χ0n) is 12.7. The average Bonchev–Trinajstić information content (AvgIpc) is 3.09. The standard InChI is InChI=1S/C17H17ClN2O3/c1-20(13-5-3-2-4-6-13)17(21)12-9-15(18)16(19-10-12)23-14-7-8-22-11-14/h2-6,9-10,14H,7-8,11H2,1H3/t14-/m0/s1. The van der Waals surface area contributed by atoms with Crippen molar-refractivity contribution in [1.82, 2.24) is 4.98 Å². The number of hydrogen-bond acceptors (Lipinski definition) is 4. The van der Waals surface area contributed by atoms with Crippen molar-refractivity contribution in [3.63, 3.8) is 0 Å². The summed E-state index contributed by atoms with van der Waals surface area (Å²) in [4.78, 5) is 18.3. The van der Waals surface area contributed by atoms with Crippen LogP contribution in [-0.4, -0.2) is 37.3 Å². The number of amides is 1. The van der Waals surface area contributed by atoms with Gasteiger partial charge < -0.3 is 14.4 Å². The number of halogens is 1. The molecule has 1 aliphatic heterocycles. The molecule has 2 heterocycles. The Hall–Kier alpha value is -2.11. The Balaban J connectivity index is 1.75. The predicted octanol–water partition coefficient (Wildman–Crippen LogP) is 3.18. The molecule has 6 heteroatoms. The van der Waals surface area contributed by atoms with Crippen LogP contribution in [-0.2, 0) is 4.74 Å². The predicted molar refractivity (Wildman–Crippen MR) is 88.3 cm³/mol. The van der Waals surface area contributed by atoms with Gasteiger partial charge in [0.25, 0.3) is 5.91 Å². The molecule has 0 bridgehead atoms. The summed E-state index contributed by atoms with van der Waals surface area (Å²) in [5.74, 6) is 0.155. The highest BCUT2D eigenvalue weighted by Crippen LogP contribution is 2.26. The fourth-order valence-corrected chi connectivity index (χ4v) is 2.57. The fourth-order valence-electron chi connectivity index (χ4n) is 2.36. The Morgan fingerprint density at radius 3 is 2.83 bits per heavy atom. The highest BCUT2D eigenvalue weighted by atomic mass is 35.5. The zero-order chi connectivity index (χ0) is 16.2. The largest absolute Gasteiger partial charge is 0.471 e. The summed E-state index contributed by atoms with van der Waals surface area (Å²) in [6, 6.07) is 11.0. The summed E-state index contributed by atoms with van der Waals surface area (Å²) in [5.41, 5.74) is 1.22. The van der Waals surface area contributed by atoms with Crippen molar-refractivity contribution < 1.29 is 14.3 Å². The number of carbonyl (C=O) groups is 1. The fraction of sp³-hybridized carbons (Fsp3) is 0.294. The summed E-state index contributed by atoms with van der Waals surface area (Å²) in [6.07, 6.45) is 2.27. The highest BCUT2D eigenvalue weighted by molar-refractivity contribution is 6.32. The summed E-state index contributed by atoms with van der Waals surface area (Å²) in [5, 5.41) is 0.323. The number of para-hydroxylation sites is 1. The van der Waals surface area contributed by atoms with Crippen LogP contribution in [0.2, 0.25) is 5.02 Å². The number of pyridine rings is 1. The molecule has 2 aromatic rings. The molecule has 23 heavy (non-hydrogen) atoms. The molecule has 1 atom stereocenters. The Labute approximate surface area is 139 Å². The molecule has 0 saturated carbocycles. The minimum Gasteiger partial charge on any atom is -0.471 e. The van der Waals surface area contributed by atoms with Gasteiger partial charge in [0, 0.05) is 25.4 Å². The Morgan fingerprint density at radius 2 is 2.17 bits per heavy atom. The number of benzene rings is 1. The van der Waals surface area contributed by atoms with Crippen LogP contribution >= 0.6 is 11.6 Å². The first-order valence-corrected chi connectivity index (χ1v) is 7.76. The first-order valence-electron chi connectivity index (χ1n) is 7.38. The van der Waals surface area contributed by atoms with Crippen molar-refractivity contribution in [3.05, 3.63) is 53.2 Å². The van der Waals surface area contributed by atoms with Crippen LogP contribution in [0.4, 0.5) is 5.69 Å². The minimum absolute atomic E-state index is 0.0338. The van der Waals surface area contributed by atoms with Gasteiger partial charge in [-0.1, -0.05) is 29.8 Å². The number of ether oxygens (including phenoxy) is 2. The molecule has 1 aromatic heterocycles. The molecule has 0 N–H and O–H groups in total. The van der Waals surface area contributed by atoms with E-state index in [1.54, 1.807) is 18.0 Å². The second-order valence-electron chi connectivity index (χ2n) is 5.31. The van der Waals surface area contributed by atoms with Crippen LogP contribution in [0.25, 0.3) is 0 Å². The van der Waals surface area contributed by atoms with Gasteiger partial charge in [-0.2, -0.15) is 0 Å². The van der Waals surface area contributed by atoms with Crippen molar-refractivity contribution in [2.24, 2.45) is 0 Å². The Bertz CT molecular complexity index is 687. The van der Waals surface area contributed by atoms with E-state index in [4.69, 9.17) is 21.1 Å². The molecule has 0 radical (unpaired) electrons. The van der Waals surface area contributed by atoms with Crippen LogP contribution in [0, 0.1) is 0 Å². The van der Waals surface area contributed by atoms with Crippen molar-refractivity contribution >= 4 is 23.2 Å². The number of carbonyl (C=O) groups excluding carboxylic acids is 1. The maximum atomic E-state index is 12.5. The van der Waals surface area contributed by atoms with Gasteiger partial charge in [-0.15, -0.1) is 0 Å². The molecule has 0 aliphatic carbocycles. The van der Waals surface area contributed by atoms with E-state index < -0.39 is 0 Å². The van der Waals surface area contributed by atoms with Gasteiger partial charge in [0.05, 0.1) is 18.8 Å². The molecule has 1 aromatic carbocycles. The van der Waals surface area contributed by atoms with Gasteiger partial charge in [0.2, 0.25) is 5.88 Å². The van der Waals surface area contributed by atoms with Crippen molar-refractivity contribution in [2.45, 2.75) is 12.5 Å². The zero-order valence-corrected chi connectivity index (χ0v) is 13.5. The van der Waals surface area contributed by atoms with Crippen molar-refractivity contribution in [1.29, 1.82) is 0 Å². The molecule has 0 spiro atoms. The van der Waals surface area contributed by atoms with E-state index in [1.165, 1.54) is 6.20 Å². The summed E-state index contributed by atoms with van der Waals surface area (Å²) in [6.45, 7) is 1.22. The number of hydrogen-bond donors (Lipinski definition) is 0.